The highest BCUT2D eigenvalue weighted by Gasteiger charge is 2.09. The third-order valence-electron chi connectivity index (χ3n) is 2.88. The van der Waals surface area contributed by atoms with Crippen LogP contribution in [-0.4, -0.2) is 14.7 Å². The molecular formula is C15H14N2O3S. The van der Waals surface area contributed by atoms with Crippen molar-refractivity contribution in [3.8, 4) is 17.6 Å². The number of nitriles is 1. The Morgan fingerprint density at radius 1 is 1.19 bits per heavy atom. The summed E-state index contributed by atoms with van der Waals surface area (Å²) in [7, 11) is -3.24. The maximum atomic E-state index is 11.4. The van der Waals surface area contributed by atoms with Gasteiger partial charge in [-0.15, -0.1) is 0 Å². The van der Waals surface area contributed by atoms with Crippen LogP contribution in [0.5, 0.6) is 11.5 Å². The van der Waals surface area contributed by atoms with Gasteiger partial charge in [0.15, 0.2) is 9.84 Å². The molecule has 0 spiro atoms. The first-order valence-corrected chi connectivity index (χ1v) is 8.04. The Morgan fingerprint density at radius 3 is 2.38 bits per heavy atom. The fraction of sp³-hybridized carbons (Fsp3) is 0.133. The average Bonchev–Trinajstić information content (AvgIpc) is 2.47. The molecule has 0 aliphatic rings. The second kappa shape index (κ2) is 5.95. The van der Waals surface area contributed by atoms with Crippen LogP contribution in [0.25, 0.3) is 0 Å². The molecule has 2 N–H and O–H groups in total. The number of benzene rings is 2. The molecule has 0 saturated heterocycles. The molecule has 2 rings (SSSR count). The molecule has 0 aliphatic heterocycles. The molecule has 0 aliphatic carbocycles. The van der Waals surface area contributed by atoms with E-state index in [9.17, 15) is 8.42 Å². The molecule has 0 unspecified atom stereocenters. The summed E-state index contributed by atoms with van der Waals surface area (Å²) in [6, 6.07) is 13.2. The Hall–Kier alpha value is -2.36. The van der Waals surface area contributed by atoms with Crippen LogP contribution < -0.4 is 10.5 Å². The monoisotopic (exact) mass is 302 g/mol. The van der Waals surface area contributed by atoms with Crippen molar-refractivity contribution in [3.05, 3.63) is 53.6 Å². The van der Waals surface area contributed by atoms with Gasteiger partial charge < -0.3 is 10.5 Å². The van der Waals surface area contributed by atoms with Crippen molar-refractivity contribution >= 4 is 9.84 Å². The minimum atomic E-state index is -3.24. The third-order valence-corrected chi connectivity index (χ3v) is 4.01. The lowest BCUT2D eigenvalue weighted by molar-refractivity contribution is 0.480. The van der Waals surface area contributed by atoms with Gasteiger partial charge in [-0.25, -0.2) is 8.42 Å². The fourth-order valence-corrected chi connectivity index (χ4v) is 2.39. The van der Waals surface area contributed by atoms with Crippen molar-refractivity contribution in [3.63, 3.8) is 0 Å². The molecule has 0 heterocycles. The van der Waals surface area contributed by atoms with Gasteiger partial charge in [0.05, 0.1) is 10.5 Å². The van der Waals surface area contributed by atoms with Crippen LogP contribution in [0.15, 0.2) is 47.4 Å². The van der Waals surface area contributed by atoms with Gasteiger partial charge in [-0.05, 0) is 42.0 Å². The van der Waals surface area contributed by atoms with Crippen LogP contribution in [-0.2, 0) is 16.4 Å². The maximum absolute atomic E-state index is 11.4. The van der Waals surface area contributed by atoms with Gasteiger partial charge in [-0.2, -0.15) is 5.26 Å². The molecule has 0 saturated carbocycles. The molecule has 0 fully saturated rings. The maximum Gasteiger partial charge on any atom is 0.175 e. The van der Waals surface area contributed by atoms with Gasteiger partial charge in [-0.1, -0.05) is 6.07 Å². The lowest BCUT2D eigenvalue weighted by Crippen LogP contribution is -1.98. The SMILES string of the molecule is CS(=O)(=O)c1ccc(Oc2ccc(CN)cc2C#N)cc1. The van der Waals surface area contributed by atoms with Crippen LogP contribution in [0.2, 0.25) is 0 Å². The quantitative estimate of drug-likeness (QED) is 0.934. The van der Waals surface area contributed by atoms with E-state index in [2.05, 4.69) is 0 Å². The van der Waals surface area contributed by atoms with Crippen molar-refractivity contribution in [1.29, 1.82) is 5.26 Å². The molecule has 0 amide bonds. The van der Waals surface area contributed by atoms with Crippen molar-refractivity contribution in [2.75, 3.05) is 6.26 Å². The summed E-state index contributed by atoms with van der Waals surface area (Å²) in [4.78, 5) is 0.217. The Balaban J connectivity index is 2.29. The molecular weight excluding hydrogens is 288 g/mol. The van der Waals surface area contributed by atoms with E-state index in [1.165, 1.54) is 12.1 Å². The first-order chi connectivity index (χ1) is 9.94. The molecule has 21 heavy (non-hydrogen) atoms. The van der Waals surface area contributed by atoms with E-state index in [-0.39, 0.29) is 4.90 Å². The molecule has 0 aromatic heterocycles. The zero-order valence-electron chi connectivity index (χ0n) is 11.4. The summed E-state index contributed by atoms with van der Waals surface area (Å²) in [6.07, 6.45) is 1.14. The van der Waals surface area contributed by atoms with Gasteiger partial charge >= 0.3 is 0 Å². The van der Waals surface area contributed by atoms with Gasteiger partial charge in [-0.3, -0.25) is 0 Å². The summed E-state index contributed by atoms with van der Waals surface area (Å²) in [5.41, 5.74) is 6.75. The topological polar surface area (TPSA) is 93.2 Å². The van der Waals surface area contributed by atoms with Crippen LogP contribution in [0.1, 0.15) is 11.1 Å². The van der Waals surface area contributed by atoms with Crippen LogP contribution >= 0.6 is 0 Å². The van der Waals surface area contributed by atoms with E-state index < -0.39 is 9.84 Å². The van der Waals surface area contributed by atoms with E-state index in [0.29, 0.717) is 23.6 Å². The van der Waals surface area contributed by atoms with Gasteiger partial charge in [0.2, 0.25) is 0 Å². The zero-order chi connectivity index (χ0) is 15.5. The van der Waals surface area contributed by atoms with Crippen LogP contribution in [0.4, 0.5) is 0 Å². The van der Waals surface area contributed by atoms with Gasteiger partial charge in [0.1, 0.15) is 17.6 Å². The summed E-state index contributed by atoms with van der Waals surface area (Å²) in [6.45, 7) is 0.345. The largest absolute Gasteiger partial charge is 0.456 e. The fourth-order valence-electron chi connectivity index (χ4n) is 1.76. The minimum Gasteiger partial charge on any atom is -0.456 e. The second-order valence-electron chi connectivity index (χ2n) is 4.49. The number of hydrogen-bond acceptors (Lipinski definition) is 5. The van der Waals surface area contributed by atoms with Gasteiger partial charge in [0, 0.05) is 12.8 Å². The Bertz CT molecular complexity index is 791. The smallest absolute Gasteiger partial charge is 0.175 e. The highest BCUT2D eigenvalue weighted by molar-refractivity contribution is 7.90. The number of ether oxygens (including phenoxy) is 1. The predicted octanol–water partition coefficient (Wildman–Crippen LogP) is 2.21. The normalized spacial score (nSPS) is 10.9. The van der Waals surface area contributed by atoms with E-state index in [1.54, 1.807) is 30.3 Å². The van der Waals surface area contributed by atoms with Crippen molar-refractivity contribution < 1.29 is 13.2 Å². The minimum absolute atomic E-state index is 0.217. The Labute approximate surface area is 123 Å². The highest BCUT2D eigenvalue weighted by atomic mass is 32.2. The molecule has 0 bridgehead atoms. The van der Waals surface area contributed by atoms with E-state index in [0.717, 1.165) is 11.8 Å². The predicted molar refractivity (Wildman–Crippen MR) is 78.7 cm³/mol. The Morgan fingerprint density at radius 2 is 1.86 bits per heavy atom. The van der Waals surface area contributed by atoms with E-state index >= 15 is 0 Å². The lowest BCUT2D eigenvalue weighted by atomic mass is 10.1. The zero-order valence-corrected chi connectivity index (χ0v) is 12.2. The van der Waals surface area contributed by atoms with Crippen molar-refractivity contribution in [2.24, 2.45) is 5.73 Å². The standard InChI is InChI=1S/C15H14N2O3S/c1-21(18,19)14-5-3-13(4-6-14)20-15-7-2-11(9-16)8-12(15)10-17/h2-8H,9,16H2,1H3. The molecule has 0 atom stereocenters. The van der Waals surface area contributed by atoms with Gasteiger partial charge in [0.25, 0.3) is 0 Å². The van der Waals surface area contributed by atoms with Crippen LogP contribution in [0.3, 0.4) is 0 Å². The average molecular weight is 302 g/mol. The number of rotatable bonds is 4. The number of sulfone groups is 1. The number of nitrogens with two attached hydrogens (primary N) is 1. The van der Waals surface area contributed by atoms with E-state index in [1.807, 2.05) is 6.07 Å². The molecule has 0 radical (unpaired) electrons. The van der Waals surface area contributed by atoms with Crippen LogP contribution in [0, 0.1) is 11.3 Å². The van der Waals surface area contributed by atoms with E-state index in [4.69, 9.17) is 15.7 Å². The highest BCUT2D eigenvalue weighted by Crippen LogP contribution is 2.26. The third kappa shape index (κ3) is 3.60. The summed E-state index contributed by atoms with van der Waals surface area (Å²) >= 11 is 0. The molecule has 2 aromatic carbocycles. The summed E-state index contributed by atoms with van der Waals surface area (Å²) in [5, 5.41) is 9.12. The summed E-state index contributed by atoms with van der Waals surface area (Å²) in [5.74, 6) is 0.862. The molecule has 6 heteroatoms. The Kier molecular flexibility index (Phi) is 4.26. The number of nitrogens with zero attached hydrogens (tertiary/aromatic N) is 1. The molecule has 5 nitrogen and oxygen atoms in total. The molecule has 108 valence electrons. The lowest BCUT2D eigenvalue weighted by Gasteiger charge is -2.09. The summed E-state index contributed by atoms with van der Waals surface area (Å²) < 4.78 is 28.4. The number of hydrogen-bond donors (Lipinski definition) is 1. The first kappa shape index (κ1) is 15.0. The molecule has 2 aromatic rings. The second-order valence-corrected chi connectivity index (χ2v) is 6.51. The first-order valence-electron chi connectivity index (χ1n) is 6.15. The van der Waals surface area contributed by atoms with Crippen molar-refractivity contribution in [2.45, 2.75) is 11.4 Å². The van der Waals surface area contributed by atoms with Crippen molar-refractivity contribution in [1.82, 2.24) is 0 Å².